The van der Waals surface area contributed by atoms with E-state index in [9.17, 15) is 19.2 Å². The van der Waals surface area contributed by atoms with Gasteiger partial charge in [0.05, 0.1) is 37.9 Å². The summed E-state index contributed by atoms with van der Waals surface area (Å²) in [6, 6.07) is 1.84. The van der Waals surface area contributed by atoms with Gasteiger partial charge in [-0.1, -0.05) is 53.2 Å². The number of carbonyl (C=O) groups is 4. The number of ether oxygens (including phenoxy) is 3. The number of rotatable bonds is 6. The number of cyclic esters (lactones) is 1. The molecule has 3 aliphatic carbocycles. The molecule has 1 aromatic heterocycles. The first kappa shape index (κ1) is 28.6. The zero-order valence-electron chi connectivity index (χ0n) is 24.7. The minimum absolute atomic E-state index is 0.00445. The van der Waals surface area contributed by atoms with Gasteiger partial charge in [-0.2, -0.15) is 0 Å². The number of Topliss-reactive ketones (excluding diaryl/α,β-unsaturated/α-hetero) is 1. The van der Waals surface area contributed by atoms with Crippen LogP contribution in [0.1, 0.15) is 85.3 Å². The Morgan fingerprint density at radius 2 is 1.88 bits per heavy atom. The molecule has 0 spiro atoms. The van der Waals surface area contributed by atoms with Crippen molar-refractivity contribution < 1.29 is 37.8 Å². The highest BCUT2D eigenvalue weighted by atomic mass is 16.6. The van der Waals surface area contributed by atoms with Gasteiger partial charge in [-0.15, -0.1) is 0 Å². The second-order valence-corrected chi connectivity index (χ2v) is 13.4. The van der Waals surface area contributed by atoms with Crippen LogP contribution in [0.4, 0.5) is 0 Å². The van der Waals surface area contributed by atoms with Crippen molar-refractivity contribution in [2.45, 2.75) is 85.9 Å². The van der Waals surface area contributed by atoms with Crippen LogP contribution in [0.15, 0.2) is 34.7 Å². The van der Waals surface area contributed by atoms with Gasteiger partial charge in [0.2, 0.25) is 0 Å². The zero-order valence-corrected chi connectivity index (χ0v) is 24.7. The number of carbonyl (C=O) groups excluding carboxylic acids is 4. The molecule has 0 N–H and O–H groups in total. The van der Waals surface area contributed by atoms with Gasteiger partial charge in [0.1, 0.15) is 18.0 Å². The largest absolute Gasteiger partial charge is 0.472 e. The lowest BCUT2D eigenvalue weighted by atomic mass is 9.40. The van der Waals surface area contributed by atoms with E-state index in [1.54, 1.807) is 12.5 Å². The molecule has 1 aromatic rings. The summed E-state index contributed by atoms with van der Waals surface area (Å²) < 4.78 is 22.6. The van der Waals surface area contributed by atoms with Crippen LogP contribution >= 0.6 is 0 Å². The topological polar surface area (TPSA) is 109 Å². The van der Waals surface area contributed by atoms with Crippen molar-refractivity contribution in [2.24, 2.45) is 45.8 Å². The lowest BCUT2D eigenvalue weighted by molar-refractivity contribution is -0.198. The molecule has 8 heteroatoms. The summed E-state index contributed by atoms with van der Waals surface area (Å²) in [7, 11) is 1.35. The minimum atomic E-state index is -0.889. The van der Waals surface area contributed by atoms with E-state index in [-0.39, 0.29) is 48.3 Å². The summed E-state index contributed by atoms with van der Waals surface area (Å²) in [5, 5.41) is 0. The third kappa shape index (κ3) is 4.07. The molecular formula is C32H42O8. The fourth-order valence-corrected chi connectivity index (χ4v) is 8.56. The predicted molar refractivity (Wildman–Crippen MR) is 144 cm³/mol. The quantitative estimate of drug-likeness (QED) is 0.254. The van der Waals surface area contributed by atoms with Crippen molar-refractivity contribution in [1.29, 1.82) is 0 Å². The van der Waals surface area contributed by atoms with Crippen molar-refractivity contribution in [2.75, 3.05) is 7.11 Å². The maximum atomic E-state index is 14.4. The summed E-state index contributed by atoms with van der Waals surface area (Å²) in [4.78, 5) is 53.4. The number of allylic oxidation sites excluding steroid dienone is 1. The number of fused-ring (bicyclic) bond motifs is 6. The van der Waals surface area contributed by atoms with E-state index in [2.05, 4.69) is 6.92 Å². The average Bonchev–Trinajstić information content (AvgIpc) is 3.45. The van der Waals surface area contributed by atoms with E-state index in [0.717, 1.165) is 17.6 Å². The Kier molecular flexibility index (Phi) is 7.07. The number of methoxy groups -OCH3 is 1. The summed E-state index contributed by atoms with van der Waals surface area (Å²) in [5.74, 6) is -2.73. The van der Waals surface area contributed by atoms with E-state index in [1.165, 1.54) is 7.11 Å². The van der Waals surface area contributed by atoms with Crippen LogP contribution in [0.25, 0.3) is 0 Å². The number of furan rings is 1. The Morgan fingerprint density at radius 1 is 1.15 bits per heavy atom. The SMILES string of the molecule is CC[C@@H](C)C(=O)O[C@@H]1[C@@H]2C=C3[C@H]4CC(=O)O[C@@H](c5ccoc5)[C@]4(C)CC[C@H]3[C@@](C)(C2=O)[C@@H](CC(=O)OC)C1(C)C. The first-order valence-corrected chi connectivity index (χ1v) is 14.5. The van der Waals surface area contributed by atoms with Crippen LogP contribution in [0.5, 0.6) is 0 Å². The van der Waals surface area contributed by atoms with Crippen molar-refractivity contribution in [3.8, 4) is 0 Å². The monoisotopic (exact) mass is 554 g/mol. The lowest BCUT2D eigenvalue weighted by Gasteiger charge is -2.63. The second-order valence-electron chi connectivity index (χ2n) is 13.4. The molecule has 218 valence electrons. The Hall–Kier alpha value is -2.90. The smallest absolute Gasteiger partial charge is 0.308 e. The first-order valence-electron chi connectivity index (χ1n) is 14.5. The third-order valence-corrected chi connectivity index (χ3v) is 11.1. The number of ketones is 1. The molecule has 0 aromatic carbocycles. The molecule has 1 aliphatic heterocycles. The molecule has 2 saturated carbocycles. The molecule has 9 atom stereocenters. The van der Waals surface area contributed by atoms with Crippen molar-refractivity contribution in [3.05, 3.63) is 35.8 Å². The second kappa shape index (κ2) is 9.88. The third-order valence-electron chi connectivity index (χ3n) is 11.1. The molecule has 0 amide bonds. The standard InChI is InChI=1S/C32H42O8/c1-8-17(2)29(36)40-28-20-13-19-21(32(6,26(20)35)23(30(28,3)4)15-24(33)37-7)9-11-31(5)22(19)14-25(34)39-27(31)18-10-12-38-16-18/h10,12-13,16-17,20-23,27-28H,8-9,11,14-15H2,1-7H3/t17-,20-,21-,22-,23+,27+,28-,31-,32-/m1/s1. The van der Waals surface area contributed by atoms with Gasteiger partial charge >= 0.3 is 17.9 Å². The highest BCUT2D eigenvalue weighted by Gasteiger charge is 2.69. The van der Waals surface area contributed by atoms with Crippen LogP contribution in [0.3, 0.4) is 0 Å². The maximum Gasteiger partial charge on any atom is 0.308 e. The molecule has 8 nitrogen and oxygen atoms in total. The maximum absolute atomic E-state index is 14.4. The van der Waals surface area contributed by atoms with Crippen molar-refractivity contribution in [3.63, 3.8) is 0 Å². The minimum Gasteiger partial charge on any atom is -0.472 e. The Balaban J connectivity index is 1.65. The molecule has 0 unspecified atom stereocenters. The summed E-state index contributed by atoms with van der Waals surface area (Å²) in [5.41, 5.74) is -0.0944. The molecule has 0 radical (unpaired) electrons. The van der Waals surface area contributed by atoms with Crippen LogP contribution < -0.4 is 0 Å². The number of hydrogen-bond acceptors (Lipinski definition) is 8. The van der Waals surface area contributed by atoms with Gasteiger partial charge in [0.15, 0.2) is 0 Å². The van der Waals surface area contributed by atoms with E-state index in [1.807, 2.05) is 46.8 Å². The Labute approximate surface area is 236 Å². The Morgan fingerprint density at radius 3 is 2.50 bits per heavy atom. The van der Waals surface area contributed by atoms with E-state index >= 15 is 0 Å². The van der Waals surface area contributed by atoms with Crippen LogP contribution in [0, 0.1) is 45.8 Å². The van der Waals surface area contributed by atoms with E-state index < -0.39 is 46.3 Å². The lowest BCUT2D eigenvalue weighted by Crippen LogP contribution is -2.66. The van der Waals surface area contributed by atoms with Crippen molar-refractivity contribution in [1.82, 2.24) is 0 Å². The van der Waals surface area contributed by atoms with E-state index in [0.29, 0.717) is 12.8 Å². The molecule has 40 heavy (non-hydrogen) atoms. The predicted octanol–water partition coefficient (Wildman–Crippen LogP) is 5.61. The van der Waals surface area contributed by atoms with E-state index in [4.69, 9.17) is 18.6 Å². The number of hydrogen-bond donors (Lipinski definition) is 0. The van der Waals surface area contributed by atoms with Gasteiger partial charge in [-0.3, -0.25) is 19.2 Å². The highest BCUT2D eigenvalue weighted by Crippen LogP contribution is 2.68. The van der Waals surface area contributed by atoms with Crippen molar-refractivity contribution >= 4 is 23.7 Å². The molecule has 5 rings (SSSR count). The zero-order chi connectivity index (χ0) is 29.2. The molecular weight excluding hydrogens is 512 g/mol. The van der Waals surface area contributed by atoms with Gasteiger partial charge < -0.3 is 18.6 Å². The fourth-order valence-electron chi connectivity index (χ4n) is 8.56. The van der Waals surface area contributed by atoms with Gasteiger partial charge in [0.25, 0.3) is 0 Å². The van der Waals surface area contributed by atoms with Gasteiger partial charge in [0, 0.05) is 28.2 Å². The molecule has 1 saturated heterocycles. The Bertz CT molecular complexity index is 1230. The normalized spacial score (nSPS) is 38.7. The summed E-state index contributed by atoms with van der Waals surface area (Å²) >= 11 is 0. The highest BCUT2D eigenvalue weighted by molar-refractivity contribution is 5.93. The first-order chi connectivity index (χ1) is 18.8. The summed E-state index contributed by atoms with van der Waals surface area (Å²) in [6.07, 6.45) is 6.36. The fraction of sp³-hybridized carbons (Fsp3) is 0.688. The molecule has 2 heterocycles. The molecule has 3 fully saturated rings. The molecule has 2 bridgehead atoms. The van der Waals surface area contributed by atoms with Gasteiger partial charge in [-0.25, -0.2) is 0 Å². The molecule has 4 aliphatic rings. The van der Waals surface area contributed by atoms with Crippen LogP contribution in [-0.4, -0.2) is 36.9 Å². The average molecular weight is 555 g/mol. The summed E-state index contributed by atoms with van der Waals surface area (Å²) in [6.45, 7) is 11.9. The van der Waals surface area contributed by atoms with Crippen LogP contribution in [-0.2, 0) is 33.4 Å². The van der Waals surface area contributed by atoms with Crippen LogP contribution in [0.2, 0.25) is 0 Å². The number of esters is 3. The van der Waals surface area contributed by atoms with Gasteiger partial charge in [-0.05, 0) is 43.1 Å².